The fourth-order valence-electron chi connectivity index (χ4n) is 2.44. The first kappa shape index (κ1) is 16.4. The number of rotatable bonds is 5. The lowest BCUT2D eigenvalue weighted by Crippen LogP contribution is -2.44. The van der Waals surface area contributed by atoms with Crippen LogP contribution in [-0.4, -0.2) is 43.9 Å². The third kappa shape index (κ3) is 4.26. The molecule has 0 aliphatic carbocycles. The molecule has 0 unspecified atom stereocenters. The maximum absolute atomic E-state index is 13.1. The van der Waals surface area contributed by atoms with Crippen molar-refractivity contribution in [2.24, 2.45) is 0 Å². The highest BCUT2D eigenvalue weighted by Gasteiger charge is 2.21. The van der Waals surface area contributed by atoms with E-state index in [1.165, 1.54) is 0 Å². The summed E-state index contributed by atoms with van der Waals surface area (Å²) in [6, 6.07) is 5.41. The summed E-state index contributed by atoms with van der Waals surface area (Å²) in [7, 11) is 1.59. The molecule has 1 heterocycles. The maximum Gasteiger partial charge on any atom is 0.317 e. The standard InChI is InChI=1S/C16H23FN2O3/c1-3-22-15-10-12(4-5-14(15)21-2)11-18-16(20)19-8-6-13(17)7-9-19/h4-5,10,13H,3,6-9,11H2,1-2H3,(H,18,20). The number of nitrogens with one attached hydrogen (secondary N) is 1. The first-order valence-corrected chi connectivity index (χ1v) is 7.60. The first-order valence-electron chi connectivity index (χ1n) is 7.60. The van der Waals surface area contributed by atoms with Gasteiger partial charge < -0.3 is 19.7 Å². The fourth-order valence-corrected chi connectivity index (χ4v) is 2.44. The van der Waals surface area contributed by atoms with Crippen molar-refractivity contribution >= 4 is 6.03 Å². The van der Waals surface area contributed by atoms with Crippen molar-refractivity contribution in [1.29, 1.82) is 0 Å². The minimum atomic E-state index is -0.778. The second-order valence-corrected chi connectivity index (χ2v) is 5.24. The van der Waals surface area contributed by atoms with Crippen molar-refractivity contribution in [3.05, 3.63) is 23.8 Å². The number of alkyl halides is 1. The summed E-state index contributed by atoms with van der Waals surface area (Å²) in [5.74, 6) is 1.33. The predicted molar refractivity (Wildman–Crippen MR) is 82.1 cm³/mol. The van der Waals surface area contributed by atoms with E-state index < -0.39 is 6.17 Å². The van der Waals surface area contributed by atoms with E-state index in [4.69, 9.17) is 9.47 Å². The molecular formula is C16H23FN2O3. The molecule has 1 saturated heterocycles. The number of urea groups is 1. The van der Waals surface area contributed by atoms with E-state index in [1.54, 1.807) is 12.0 Å². The Labute approximate surface area is 130 Å². The Hall–Kier alpha value is -1.98. The van der Waals surface area contributed by atoms with Crippen molar-refractivity contribution in [3.8, 4) is 11.5 Å². The number of methoxy groups -OCH3 is 1. The van der Waals surface area contributed by atoms with Crippen LogP contribution in [-0.2, 0) is 6.54 Å². The zero-order valence-corrected chi connectivity index (χ0v) is 13.1. The number of benzene rings is 1. The summed E-state index contributed by atoms with van der Waals surface area (Å²) < 4.78 is 23.8. The fraction of sp³-hybridized carbons (Fsp3) is 0.562. The van der Waals surface area contributed by atoms with E-state index in [-0.39, 0.29) is 6.03 Å². The largest absolute Gasteiger partial charge is 0.493 e. The summed E-state index contributed by atoms with van der Waals surface area (Å²) in [6.45, 7) is 3.80. The van der Waals surface area contributed by atoms with Crippen molar-refractivity contribution in [2.75, 3.05) is 26.8 Å². The van der Waals surface area contributed by atoms with Gasteiger partial charge in [-0.25, -0.2) is 9.18 Å². The third-order valence-electron chi connectivity index (χ3n) is 3.68. The van der Waals surface area contributed by atoms with Crippen LogP contribution in [0.15, 0.2) is 18.2 Å². The van der Waals surface area contributed by atoms with Gasteiger partial charge in [0.2, 0.25) is 0 Å². The molecule has 0 radical (unpaired) electrons. The van der Waals surface area contributed by atoms with Gasteiger partial charge in [-0.1, -0.05) is 6.07 Å². The minimum Gasteiger partial charge on any atom is -0.493 e. The second kappa shape index (κ2) is 7.87. The van der Waals surface area contributed by atoms with Gasteiger partial charge in [0.15, 0.2) is 11.5 Å². The molecule has 122 valence electrons. The summed E-state index contributed by atoms with van der Waals surface area (Å²) in [5, 5.41) is 2.86. The highest BCUT2D eigenvalue weighted by molar-refractivity contribution is 5.74. The topological polar surface area (TPSA) is 50.8 Å². The monoisotopic (exact) mass is 310 g/mol. The SMILES string of the molecule is CCOc1cc(CNC(=O)N2CCC(F)CC2)ccc1OC. The van der Waals surface area contributed by atoms with Crippen LogP contribution in [0.2, 0.25) is 0 Å². The molecule has 2 rings (SSSR count). The Kier molecular flexibility index (Phi) is 5.86. The average Bonchev–Trinajstić information content (AvgIpc) is 2.54. The van der Waals surface area contributed by atoms with Gasteiger partial charge in [-0.2, -0.15) is 0 Å². The summed E-state index contributed by atoms with van der Waals surface area (Å²) in [5.41, 5.74) is 0.929. The molecule has 1 aromatic carbocycles. The molecule has 0 atom stereocenters. The lowest BCUT2D eigenvalue weighted by molar-refractivity contribution is 0.152. The maximum atomic E-state index is 13.1. The molecule has 1 aromatic rings. The minimum absolute atomic E-state index is 0.152. The predicted octanol–water partition coefficient (Wildman–Crippen LogP) is 2.74. The molecule has 1 fully saturated rings. The number of hydrogen-bond donors (Lipinski definition) is 1. The summed E-state index contributed by atoms with van der Waals surface area (Å²) in [6.07, 6.45) is 0.0638. The average molecular weight is 310 g/mol. The van der Waals surface area contributed by atoms with Gasteiger partial charge >= 0.3 is 6.03 Å². The van der Waals surface area contributed by atoms with Gasteiger partial charge in [0.25, 0.3) is 0 Å². The van der Waals surface area contributed by atoms with E-state index >= 15 is 0 Å². The molecule has 0 aromatic heterocycles. The third-order valence-corrected chi connectivity index (χ3v) is 3.68. The van der Waals surface area contributed by atoms with Crippen LogP contribution >= 0.6 is 0 Å². The van der Waals surface area contributed by atoms with Crippen LogP contribution in [0.25, 0.3) is 0 Å². The highest BCUT2D eigenvalue weighted by atomic mass is 19.1. The Bertz CT molecular complexity index is 502. The first-order chi connectivity index (χ1) is 10.6. The number of carbonyl (C=O) groups excluding carboxylic acids is 1. The molecule has 1 aliphatic rings. The Balaban J connectivity index is 1.90. The molecule has 1 N–H and O–H groups in total. The zero-order chi connectivity index (χ0) is 15.9. The van der Waals surface area contributed by atoms with E-state index in [0.29, 0.717) is 50.6 Å². The van der Waals surface area contributed by atoms with E-state index in [1.807, 2.05) is 25.1 Å². The number of nitrogens with zero attached hydrogens (tertiary/aromatic N) is 1. The molecule has 6 heteroatoms. The molecule has 5 nitrogen and oxygen atoms in total. The quantitative estimate of drug-likeness (QED) is 0.910. The number of halogens is 1. The van der Waals surface area contributed by atoms with Crippen LogP contribution in [0.1, 0.15) is 25.3 Å². The molecular weight excluding hydrogens is 287 g/mol. The van der Waals surface area contributed by atoms with Crippen LogP contribution < -0.4 is 14.8 Å². The lowest BCUT2D eigenvalue weighted by Gasteiger charge is -2.28. The van der Waals surface area contributed by atoms with E-state index in [0.717, 1.165) is 5.56 Å². The van der Waals surface area contributed by atoms with Gasteiger partial charge in [-0.05, 0) is 37.5 Å². The smallest absolute Gasteiger partial charge is 0.317 e. The summed E-state index contributed by atoms with van der Waals surface area (Å²) in [4.78, 5) is 13.7. The van der Waals surface area contributed by atoms with Crippen molar-refractivity contribution in [1.82, 2.24) is 10.2 Å². The number of piperidine rings is 1. The molecule has 0 spiro atoms. The molecule has 0 bridgehead atoms. The van der Waals surface area contributed by atoms with Crippen LogP contribution in [0, 0.1) is 0 Å². The van der Waals surface area contributed by atoms with Crippen molar-refractivity contribution < 1.29 is 18.7 Å². The molecule has 0 saturated carbocycles. The van der Waals surface area contributed by atoms with Crippen LogP contribution in [0.3, 0.4) is 0 Å². The highest BCUT2D eigenvalue weighted by Crippen LogP contribution is 2.28. The Morgan fingerprint density at radius 1 is 1.36 bits per heavy atom. The zero-order valence-electron chi connectivity index (χ0n) is 13.1. The van der Waals surface area contributed by atoms with Crippen LogP contribution in [0.5, 0.6) is 11.5 Å². The summed E-state index contributed by atoms with van der Waals surface area (Å²) >= 11 is 0. The van der Waals surface area contributed by atoms with E-state index in [9.17, 15) is 9.18 Å². The van der Waals surface area contributed by atoms with E-state index in [2.05, 4.69) is 5.32 Å². The van der Waals surface area contributed by atoms with Gasteiger partial charge in [-0.15, -0.1) is 0 Å². The number of hydrogen-bond acceptors (Lipinski definition) is 3. The molecule has 2 amide bonds. The number of ether oxygens (including phenoxy) is 2. The Morgan fingerprint density at radius 2 is 2.09 bits per heavy atom. The second-order valence-electron chi connectivity index (χ2n) is 5.24. The molecule has 1 aliphatic heterocycles. The van der Waals surface area contributed by atoms with Gasteiger partial charge in [0, 0.05) is 19.6 Å². The normalized spacial score (nSPS) is 15.5. The lowest BCUT2D eigenvalue weighted by atomic mass is 10.1. The van der Waals surface area contributed by atoms with Gasteiger partial charge in [-0.3, -0.25) is 0 Å². The van der Waals surface area contributed by atoms with Gasteiger partial charge in [0.05, 0.1) is 13.7 Å². The van der Waals surface area contributed by atoms with Crippen molar-refractivity contribution in [2.45, 2.75) is 32.5 Å². The Morgan fingerprint density at radius 3 is 2.73 bits per heavy atom. The van der Waals surface area contributed by atoms with Gasteiger partial charge in [0.1, 0.15) is 6.17 Å². The number of amides is 2. The number of likely N-dealkylation sites (tertiary alicyclic amines) is 1. The molecule has 22 heavy (non-hydrogen) atoms. The number of carbonyl (C=O) groups is 1. The van der Waals surface area contributed by atoms with Crippen LogP contribution in [0.4, 0.5) is 9.18 Å². The van der Waals surface area contributed by atoms with Crippen molar-refractivity contribution in [3.63, 3.8) is 0 Å².